The Morgan fingerprint density at radius 3 is 2.46 bits per heavy atom. The van der Waals surface area contributed by atoms with Gasteiger partial charge in [-0.05, 0) is 11.5 Å². The summed E-state index contributed by atoms with van der Waals surface area (Å²) in [6.45, 7) is 6.26. The van der Waals surface area contributed by atoms with E-state index in [4.69, 9.17) is 11.5 Å². The topological polar surface area (TPSA) is 64.9 Å². The maximum atomic E-state index is 6.05. The van der Waals surface area contributed by atoms with Crippen LogP contribution in [0.1, 0.15) is 32.4 Å². The van der Waals surface area contributed by atoms with Gasteiger partial charge in [-0.2, -0.15) is 0 Å². The second-order valence-corrected chi connectivity index (χ2v) is 4.35. The maximum absolute atomic E-state index is 6.05. The molecule has 0 amide bonds. The summed E-state index contributed by atoms with van der Waals surface area (Å²) >= 11 is 0. The van der Waals surface area contributed by atoms with E-state index in [1.54, 1.807) is 18.5 Å². The maximum Gasteiger partial charge on any atom is 0.0393 e. The molecule has 1 atom stereocenters. The first-order valence-electron chi connectivity index (χ1n) is 4.38. The highest BCUT2D eigenvalue weighted by Gasteiger charge is 2.23. The normalized spacial score (nSPS) is 14.2. The zero-order valence-corrected chi connectivity index (χ0v) is 8.41. The molecular weight excluding hydrogens is 162 g/mol. The molecule has 0 aromatic carbocycles. The first-order chi connectivity index (χ1) is 5.93. The van der Waals surface area contributed by atoms with Crippen LogP contribution in [0.4, 0.5) is 5.69 Å². The summed E-state index contributed by atoms with van der Waals surface area (Å²) in [6, 6.07) is 1.71. The summed E-state index contributed by atoms with van der Waals surface area (Å²) < 4.78 is 0. The van der Waals surface area contributed by atoms with E-state index >= 15 is 0 Å². The highest BCUT2D eigenvalue weighted by Crippen LogP contribution is 2.32. The fourth-order valence-electron chi connectivity index (χ4n) is 1.14. The predicted octanol–water partition coefficient (Wildman–Crippen LogP) is 1.71. The van der Waals surface area contributed by atoms with Crippen LogP contribution in [0.25, 0.3) is 0 Å². The number of aromatic nitrogens is 1. The predicted molar refractivity (Wildman–Crippen MR) is 55.0 cm³/mol. The van der Waals surface area contributed by atoms with Crippen LogP contribution >= 0.6 is 0 Å². The highest BCUT2D eigenvalue weighted by atomic mass is 14.7. The summed E-state index contributed by atoms with van der Waals surface area (Å²) in [5.74, 6) is 0. The van der Waals surface area contributed by atoms with Gasteiger partial charge in [-0.1, -0.05) is 20.8 Å². The number of nitrogens with zero attached hydrogens (tertiary/aromatic N) is 1. The summed E-state index contributed by atoms with van der Waals surface area (Å²) in [7, 11) is 0. The van der Waals surface area contributed by atoms with Gasteiger partial charge in [0.05, 0.1) is 0 Å². The van der Waals surface area contributed by atoms with Crippen molar-refractivity contribution in [3.8, 4) is 0 Å². The molecule has 0 radical (unpaired) electrons. The Hall–Kier alpha value is -1.09. The van der Waals surface area contributed by atoms with Gasteiger partial charge in [-0.3, -0.25) is 4.98 Å². The Morgan fingerprint density at radius 2 is 2.00 bits per heavy atom. The van der Waals surface area contributed by atoms with Crippen molar-refractivity contribution in [1.82, 2.24) is 4.98 Å². The quantitative estimate of drug-likeness (QED) is 0.689. The summed E-state index contributed by atoms with van der Waals surface area (Å²) in [4.78, 5) is 4.02. The lowest BCUT2D eigenvalue weighted by Gasteiger charge is -2.27. The Morgan fingerprint density at radius 1 is 1.38 bits per heavy atom. The van der Waals surface area contributed by atoms with E-state index in [2.05, 4.69) is 25.8 Å². The molecule has 0 bridgehead atoms. The Kier molecular flexibility index (Phi) is 2.57. The van der Waals surface area contributed by atoms with E-state index in [1.165, 1.54) is 0 Å². The van der Waals surface area contributed by atoms with E-state index in [-0.39, 0.29) is 11.5 Å². The third kappa shape index (κ3) is 2.18. The zero-order valence-electron chi connectivity index (χ0n) is 8.41. The molecule has 0 aliphatic heterocycles. The van der Waals surface area contributed by atoms with Crippen molar-refractivity contribution in [2.45, 2.75) is 26.8 Å². The van der Waals surface area contributed by atoms with E-state index in [0.717, 1.165) is 11.3 Å². The molecule has 13 heavy (non-hydrogen) atoms. The third-order valence-corrected chi connectivity index (χ3v) is 2.16. The van der Waals surface area contributed by atoms with Crippen molar-refractivity contribution in [3.63, 3.8) is 0 Å². The average molecular weight is 179 g/mol. The van der Waals surface area contributed by atoms with Gasteiger partial charge in [0.15, 0.2) is 0 Å². The van der Waals surface area contributed by atoms with Crippen LogP contribution in [0, 0.1) is 5.41 Å². The second-order valence-electron chi connectivity index (χ2n) is 4.35. The molecule has 0 aliphatic carbocycles. The lowest BCUT2D eigenvalue weighted by molar-refractivity contribution is 0.327. The van der Waals surface area contributed by atoms with E-state index in [0.29, 0.717) is 0 Å². The van der Waals surface area contributed by atoms with Gasteiger partial charge < -0.3 is 11.5 Å². The van der Waals surface area contributed by atoms with Crippen LogP contribution < -0.4 is 11.5 Å². The molecule has 4 N–H and O–H groups in total. The van der Waals surface area contributed by atoms with Gasteiger partial charge in [-0.25, -0.2) is 0 Å². The number of nitrogens with two attached hydrogens (primary N) is 2. The molecule has 0 saturated carbocycles. The average Bonchev–Trinajstić information content (AvgIpc) is 2.02. The summed E-state index contributed by atoms with van der Waals surface area (Å²) in [5, 5.41) is 0. The summed E-state index contributed by atoms with van der Waals surface area (Å²) in [6.07, 6.45) is 3.42. The van der Waals surface area contributed by atoms with Gasteiger partial charge in [-0.15, -0.1) is 0 Å². The molecule has 0 saturated heterocycles. The fourth-order valence-corrected chi connectivity index (χ4v) is 1.14. The molecule has 72 valence electrons. The molecule has 3 nitrogen and oxygen atoms in total. The van der Waals surface area contributed by atoms with E-state index < -0.39 is 0 Å². The van der Waals surface area contributed by atoms with Crippen molar-refractivity contribution >= 4 is 5.69 Å². The number of hydrogen-bond donors (Lipinski definition) is 2. The van der Waals surface area contributed by atoms with Crippen molar-refractivity contribution in [3.05, 3.63) is 24.0 Å². The van der Waals surface area contributed by atoms with E-state index in [1.807, 2.05) is 0 Å². The fraction of sp³-hybridized carbons (Fsp3) is 0.500. The Bertz CT molecular complexity index is 288. The minimum Gasteiger partial charge on any atom is -0.398 e. The number of rotatable bonds is 1. The molecule has 1 unspecified atom stereocenters. The molecular formula is C10H17N3. The minimum atomic E-state index is -0.0683. The first-order valence-corrected chi connectivity index (χ1v) is 4.38. The smallest absolute Gasteiger partial charge is 0.0393 e. The second kappa shape index (κ2) is 3.34. The lowest BCUT2D eigenvalue weighted by atomic mass is 9.83. The van der Waals surface area contributed by atoms with Crippen molar-refractivity contribution in [2.75, 3.05) is 5.73 Å². The van der Waals surface area contributed by atoms with Crippen LogP contribution in [0.2, 0.25) is 0 Å². The van der Waals surface area contributed by atoms with Gasteiger partial charge >= 0.3 is 0 Å². The highest BCUT2D eigenvalue weighted by molar-refractivity contribution is 5.46. The molecule has 1 rings (SSSR count). The molecule has 1 aromatic rings. The molecule has 0 fully saturated rings. The molecule has 0 aliphatic rings. The van der Waals surface area contributed by atoms with E-state index in [9.17, 15) is 0 Å². The van der Waals surface area contributed by atoms with Gasteiger partial charge in [0.25, 0.3) is 0 Å². The zero-order chi connectivity index (χ0) is 10.1. The standard InChI is InChI=1S/C10H17N3/c1-10(2,3)9(12)7-6-13-5-4-8(7)11/h4-6,9H,12H2,1-3H3,(H2,11,13). The third-order valence-electron chi connectivity index (χ3n) is 2.16. The van der Waals surface area contributed by atoms with Crippen molar-refractivity contribution in [1.29, 1.82) is 0 Å². The van der Waals surface area contributed by atoms with Crippen LogP contribution in [0.5, 0.6) is 0 Å². The largest absolute Gasteiger partial charge is 0.398 e. The van der Waals surface area contributed by atoms with Crippen molar-refractivity contribution < 1.29 is 0 Å². The molecule has 1 heterocycles. The summed E-state index contributed by atoms with van der Waals surface area (Å²) in [5.41, 5.74) is 13.5. The molecule has 0 spiro atoms. The van der Waals surface area contributed by atoms with Crippen LogP contribution in [0.15, 0.2) is 18.5 Å². The first kappa shape index (κ1) is 9.99. The number of pyridine rings is 1. The monoisotopic (exact) mass is 179 g/mol. The van der Waals surface area contributed by atoms with Gasteiger partial charge in [0, 0.05) is 29.7 Å². The van der Waals surface area contributed by atoms with Gasteiger partial charge in [0.1, 0.15) is 0 Å². The number of nitrogen functional groups attached to an aromatic ring is 1. The Labute approximate surface area is 79.2 Å². The lowest BCUT2D eigenvalue weighted by Crippen LogP contribution is -2.27. The van der Waals surface area contributed by atoms with Crippen molar-refractivity contribution in [2.24, 2.45) is 11.1 Å². The number of anilines is 1. The minimum absolute atomic E-state index is 0.0111. The molecule has 1 aromatic heterocycles. The van der Waals surface area contributed by atoms with Crippen LogP contribution in [-0.4, -0.2) is 4.98 Å². The van der Waals surface area contributed by atoms with Gasteiger partial charge in [0.2, 0.25) is 0 Å². The number of hydrogen-bond acceptors (Lipinski definition) is 3. The molecule has 3 heteroatoms. The van der Waals surface area contributed by atoms with Crippen LogP contribution in [-0.2, 0) is 0 Å². The Balaban J connectivity index is 3.02. The van der Waals surface area contributed by atoms with Crippen LogP contribution in [0.3, 0.4) is 0 Å². The SMILES string of the molecule is CC(C)(C)C(N)c1cnccc1N.